The zero-order chi connectivity index (χ0) is 13.9. The summed E-state index contributed by atoms with van der Waals surface area (Å²) < 4.78 is 40.1. The van der Waals surface area contributed by atoms with Gasteiger partial charge in [0.15, 0.2) is 0 Å². The smallest absolute Gasteiger partial charge is 0.406 e. The monoisotopic (exact) mass is 272 g/mol. The largest absolute Gasteiger partial charge is 0.573 e. The molecule has 0 aliphatic heterocycles. The highest BCUT2D eigenvalue weighted by atomic mass is 19.4. The van der Waals surface area contributed by atoms with Crippen LogP contribution >= 0.6 is 0 Å². The number of halogens is 3. The minimum atomic E-state index is -4.70. The molecule has 0 atom stereocenters. The maximum Gasteiger partial charge on any atom is 0.573 e. The fourth-order valence-electron chi connectivity index (χ4n) is 2.21. The fraction of sp³-hybridized carbons (Fsp3) is 0.462. The summed E-state index contributed by atoms with van der Waals surface area (Å²) in [6, 6.07) is 5.53. The second-order valence-corrected chi connectivity index (χ2v) is 4.56. The highest BCUT2D eigenvalue weighted by Gasteiger charge is 2.31. The number of amidine groups is 1. The lowest BCUT2D eigenvalue weighted by Gasteiger charge is -2.10. The summed E-state index contributed by atoms with van der Waals surface area (Å²) in [5, 5.41) is 0. The Morgan fingerprint density at radius 1 is 1.26 bits per heavy atom. The van der Waals surface area contributed by atoms with Crippen molar-refractivity contribution in [2.45, 2.75) is 32.0 Å². The lowest BCUT2D eigenvalue weighted by molar-refractivity contribution is -0.274. The van der Waals surface area contributed by atoms with E-state index in [-0.39, 0.29) is 11.7 Å². The van der Waals surface area contributed by atoms with Gasteiger partial charge in [0.05, 0.1) is 5.69 Å². The normalized spacial score (nSPS) is 17.7. The molecule has 0 spiro atoms. The Morgan fingerprint density at radius 2 is 1.95 bits per heavy atom. The van der Waals surface area contributed by atoms with Crippen molar-refractivity contribution < 1.29 is 17.9 Å². The molecule has 104 valence electrons. The first-order valence-corrected chi connectivity index (χ1v) is 6.14. The van der Waals surface area contributed by atoms with Crippen LogP contribution in [0.2, 0.25) is 0 Å². The number of nitrogens with two attached hydrogens (primary N) is 1. The van der Waals surface area contributed by atoms with Gasteiger partial charge in [0, 0.05) is 12.0 Å². The van der Waals surface area contributed by atoms with Gasteiger partial charge in [-0.1, -0.05) is 18.9 Å². The summed E-state index contributed by atoms with van der Waals surface area (Å²) >= 11 is 0. The third-order valence-corrected chi connectivity index (χ3v) is 3.08. The van der Waals surface area contributed by atoms with Crippen LogP contribution in [0.25, 0.3) is 0 Å². The summed E-state index contributed by atoms with van der Waals surface area (Å²) in [6.07, 6.45) is -0.461. The summed E-state index contributed by atoms with van der Waals surface area (Å²) in [5.74, 6) is 0.446. The van der Waals surface area contributed by atoms with Crippen molar-refractivity contribution in [3.05, 3.63) is 24.3 Å². The average Bonchev–Trinajstić information content (AvgIpc) is 2.80. The molecule has 1 saturated carbocycles. The van der Waals surface area contributed by atoms with E-state index < -0.39 is 6.36 Å². The van der Waals surface area contributed by atoms with Crippen molar-refractivity contribution in [1.29, 1.82) is 0 Å². The molecule has 0 saturated heterocycles. The number of ether oxygens (including phenoxy) is 1. The lowest BCUT2D eigenvalue weighted by Crippen LogP contribution is -2.20. The zero-order valence-corrected chi connectivity index (χ0v) is 10.3. The van der Waals surface area contributed by atoms with Crippen LogP contribution in [0, 0.1) is 5.92 Å². The third-order valence-electron chi connectivity index (χ3n) is 3.08. The van der Waals surface area contributed by atoms with Crippen molar-refractivity contribution in [2.24, 2.45) is 16.6 Å². The van der Waals surface area contributed by atoms with Crippen LogP contribution in [0.5, 0.6) is 5.75 Å². The molecular formula is C13H15F3N2O. The van der Waals surface area contributed by atoms with Crippen LogP contribution < -0.4 is 10.5 Å². The molecule has 1 aliphatic rings. The highest BCUT2D eigenvalue weighted by Crippen LogP contribution is 2.28. The Labute approximate surface area is 109 Å². The topological polar surface area (TPSA) is 47.6 Å². The van der Waals surface area contributed by atoms with E-state index >= 15 is 0 Å². The molecule has 0 amide bonds. The molecule has 0 heterocycles. The summed E-state index contributed by atoms with van der Waals surface area (Å²) in [6.45, 7) is 0. The van der Waals surface area contributed by atoms with Gasteiger partial charge >= 0.3 is 6.36 Å². The number of hydrogen-bond donors (Lipinski definition) is 1. The van der Waals surface area contributed by atoms with Crippen LogP contribution in [0.1, 0.15) is 25.7 Å². The van der Waals surface area contributed by atoms with E-state index in [1.807, 2.05) is 0 Å². The van der Waals surface area contributed by atoms with E-state index in [4.69, 9.17) is 5.73 Å². The molecule has 2 rings (SSSR count). The molecule has 0 bridgehead atoms. The second kappa shape index (κ2) is 5.50. The Bertz CT molecular complexity index is 465. The summed E-state index contributed by atoms with van der Waals surface area (Å²) in [7, 11) is 0. The fourth-order valence-corrected chi connectivity index (χ4v) is 2.21. The number of hydrogen-bond acceptors (Lipinski definition) is 2. The molecule has 0 unspecified atom stereocenters. The van der Waals surface area contributed by atoms with Gasteiger partial charge in [-0.25, -0.2) is 4.99 Å². The first kappa shape index (κ1) is 13.7. The third kappa shape index (κ3) is 4.15. The van der Waals surface area contributed by atoms with Gasteiger partial charge in [0.2, 0.25) is 0 Å². The summed E-state index contributed by atoms with van der Waals surface area (Å²) in [4.78, 5) is 4.18. The van der Waals surface area contributed by atoms with Gasteiger partial charge in [-0.2, -0.15) is 0 Å². The SMILES string of the molecule is NC(=Nc1cccc(OC(F)(F)F)c1)C1CCCC1. The van der Waals surface area contributed by atoms with Crippen LogP contribution in [0.4, 0.5) is 18.9 Å². The van der Waals surface area contributed by atoms with E-state index in [1.54, 1.807) is 6.07 Å². The standard InChI is InChI=1S/C13H15F3N2O/c14-13(15,16)19-11-7-3-6-10(8-11)18-12(17)9-4-1-2-5-9/h3,6-9H,1-2,4-5H2,(H2,17,18). The maximum absolute atomic E-state index is 12.1. The van der Waals surface area contributed by atoms with Crippen LogP contribution in [0.3, 0.4) is 0 Å². The number of rotatable bonds is 3. The average molecular weight is 272 g/mol. The molecule has 0 radical (unpaired) electrons. The predicted octanol–water partition coefficient (Wildman–Crippen LogP) is 3.76. The van der Waals surface area contributed by atoms with Gasteiger partial charge in [-0.3, -0.25) is 0 Å². The molecule has 0 aromatic heterocycles. The lowest BCUT2D eigenvalue weighted by atomic mass is 10.1. The van der Waals surface area contributed by atoms with Crippen molar-refractivity contribution in [2.75, 3.05) is 0 Å². The van der Waals surface area contributed by atoms with Crippen molar-refractivity contribution >= 4 is 11.5 Å². The Balaban J connectivity index is 2.12. The van der Waals surface area contributed by atoms with Crippen LogP contribution in [0.15, 0.2) is 29.3 Å². The van der Waals surface area contributed by atoms with Crippen LogP contribution in [-0.4, -0.2) is 12.2 Å². The van der Waals surface area contributed by atoms with Crippen molar-refractivity contribution in [1.82, 2.24) is 0 Å². The molecule has 2 N–H and O–H groups in total. The number of aliphatic imine (C=N–C) groups is 1. The first-order chi connectivity index (χ1) is 8.94. The minimum Gasteiger partial charge on any atom is -0.406 e. The van der Waals surface area contributed by atoms with E-state index in [1.165, 1.54) is 18.2 Å². The number of benzene rings is 1. The summed E-state index contributed by atoms with van der Waals surface area (Å²) in [5.41, 5.74) is 6.26. The molecule has 1 aromatic carbocycles. The number of nitrogens with zero attached hydrogens (tertiary/aromatic N) is 1. The molecule has 6 heteroatoms. The molecule has 3 nitrogen and oxygen atoms in total. The predicted molar refractivity (Wildman–Crippen MR) is 66.4 cm³/mol. The van der Waals surface area contributed by atoms with Gasteiger partial charge in [0.25, 0.3) is 0 Å². The molecule has 1 aliphatic carbocycles. The van der Waals surface area contributed by atoms with Crippen molar-refractivity contribution in [3.8, 4) is 5.75 Å². The second-order valence-electron chi connectivity index (χ2n) is 4.56. The highest BCUT2D eigenvalue weighted by molar-refractivity contribution is 5.85. The Kier molecular flexibility index (Phi) is 3.97. The van der Waals surface area contributed by atoms with Gasteiger partial charge in [-0.15, -0.1) is 13.2 Å². The molecule has 19 heavy (non-hydrogen) atoms. The zero-order valence-electron chi connectivity index (χ0n) is 10.3. The van der Waals surface area contributed by atoms with Crippen molar-refractivity contribution in [3.63, 3.8) is 0 Å². The molecular weight excluding hydrogens is 257 g/mol. The Morgan fingerprint density at radius 3 is 2.58 bits per heavy atom. The Hall–Kier alpha value is -1.72. The van der Waals surface area contributed by atoms with E-state index in [0.29, 0.717) is 11.5 Å². The quantitative estimate of drug-likeness (QED) is 0.672. The van der Waals surface area contributed by atoms with Crippen LogP contribution in [-0.2, 0) is 0 Å². The minimum absolute atomic E-state index is 0.243. The van der Waals surface area contributed by atoms with Gasteiger partial charge in [-0.05, 0) is 25.0 Å². The molecule has 1 aromatic rings. The number of alkyl halides is 3. The first-order valence-electron chi connectivity index (χ1n) is 6.14. The van der Waals surface area contributed by atoms with Gasteiger partial charge in [0.1, 0.15) is 11.6 Å². The van der Waals surface area contributed by atoms with E-state index in [9.17, 15) is 13.2 Å². The molecule has 1 fully saturated rings. The van der Waals surface area contributed by atoms with E-state index in [0.717, 1.165) is 25.7 Å². The van der Waals surface area contributed by atoms with E-state index in [2.05, 4.69) is 9.73 Å². The van der Waals surface area contributed by atoms with Gasteiger partial charge < -0.3 is 10.5 Å². The maximum atomic E-state index is 12.1.